The smallest absolute Gasteiger partial charge is 0.255 e. The number of carbonyl (C=O) groups excluding carboxylic acids is 1. The second-order valence-electron chi connectivity index (χ2n) is 4.93. The van der Waals surface area contributed by atoms with Crippen LogP contribution in [0.2, 0.25) is 0 Å². The van der Waals surface area contributed by atoms with E-state index >= 15 is 0 Å². The van der Waals surface area contributed by atoms with E-state index in [0.717, 1.165) is 30.2 Å². The fraction of sp³-hybridized carbons (Fsp3) is 0.500. The molecule has 0 atom stereocenters. The largest absolute Gasteiger partial charge is 0.496 e. The summed E-state index contributed by atoms with van der Waals surface area (Å²) in [6.45, 7) is 0. The average molecular weight is 327 g/mol. The van der Waals surface area contributed by atoms with Gasteiger partial charge in [-0.25, -0.2) is 0 Å². The van der Waals surface area contributed by atoms with E-state index < -0.39 is 0 Å². The summed E-state index contributed by atoms with van der Waals surface area (Å²) in [6, 6.07) is 5.92. The normalized spacial score (nSPS) is 22.9. The van der Waals surface area contributed by atoms with Crippen LogP contribution in [0.4, 0.5) is 0 Å². The molecule has 3 N–H and O–H groups in total. The van der Waals surface area contributed by atoms with Gasteiger partial charge >= 0.3 is 0 Å². The molecule has 2 rings (SSSR count). The van der Waals surface area contributed by atoms with Gasteiger partial charge in [-0.1, -0.05) is 15.9 Å². The highest BCUT2D eigenvalue weighted by Gasteiger charge is 2.21. The van der Waals surface area contributed by atoms with Crippen molar-refractivity contribution in [1.82, 2.24) is 5.32 Å². The lowest BCUT2D eigenvalue weighted by molar-refractivity contribution is 0.0923. The molecule has 0 unspecified atom stereocenters. The Morgan fingerprint density at radius 1 is 1.37 bits per heavy atom. The summed E-state index contributed by atoms with van der Waals surface area (Å²) in [5.41, 5.74) is 6.43. The molecule has 0 heterocycles. The molecule has 0 spiro atoms. The molecule has 1 fully saturated rings. The number of amides is 1. The van der Waals surface area contributed by atoms with Gasteiger partial charge in [0.2, 0.25) is 0 Å². The van der Waals surface area contributed by atoms with Crippen LogP contribution in [-0.2, 0) is 0 Å². The maximum atomic E-state index is 12.2. The van der Waals surface area contributed by atoms with Gasteiger partial charge in [0, 0.05) is 16.6 Å². The van der Waals surface area contributed by atoms with Crippen LogP contribution in [-0.4, -0.2) is 25.1 Å². The Kier molecular flexibility index (Phi) is 4.82. The zero-order valence-corrected chi connectivity index (χ0v) is 12.6. The van der Waals surface area contributed by atoms with Gasteiger partial charge in [-0.15, -0.1) is 0 Å². The van der Waals surface area contributed by atoms with Crippen LogP contribution < -0.4 is 15.8 Å². The summed E-state index contributed by atoms with van der Waals surface area (Å²) in [7, 11) is 1.57. The first-order valence-corrected chi connectivity index (χ1v) is 7.29. The van der Waals surface area contributed by atoms with Crippen molar-refractivity contribution in [2.75, 3.05) is 7.11 Å². The zero-order chi connectivity index (χ0) is 13.8. The zero-order valence-electron chi connectivity index (χ0n) is 11.0. The van der Waals surface area contributed by atoms with Crippen LogP contribution in [0, 0.1) is 0 Å². The number of carbonyl (C=O) groups is 1. The number of hydrogen-bond donors (Lipinski definition) is 2. The van der Waals surface area contributed by atoms with Gasteiger partial charge in [0.1, 0.15) is 5.75 Å². The standard InChI is InChI=1S/C14H19BrN2O2/c1-19-13-8-9(15)2-7-12(13)14(18)17-11-5-3-10(16)4-6-11/h2,7-8,10-11H,3-6,16H2,1H3,(H,17,18). The van der Waals surface area contributed by atoms with Crippen LogP contribution >= 0.6 is 15.9 Å². The van der Waals surface area contributed by atoms with Crippen molar-refractivity contribution in [3.63, 3.8) is 0 Å². The highest BCUT2D eigenvalue weighted by atomic mass is 79.9. The Hall–Kier alpha value is -1.07. The van der Waals surface area contributed by atoms with Gasteiger partial charge in [-0.2, -0.15) is 0 Å². The van der Waals surface area contributed by atoms with E-state index in [4.69, 9.17) is 10.5 Å². The summed E-state index contributed by atoms with van der Waals surface area (Å²) in [4.78, 5) is 12.2. The highest BCUT2D eigenvalue weighted by Crippen LogP contribution is 2.24. The number of methoxy groups -OCH3 is 1. The molecule has 5 heteroatoms. The van der Waals surface area contributed by atoms with Gasteiger partial charge < -0.3 is 15.8 Å². The Balaban J connectivity index is 2.03. The first-order valence-electron chi connectivity index (χ1n) is 6.50. The van der Waals surface area contributed by atoms with E-state index in [1.54, 1.807) is 19.2 Å². The Morgan fingerprint density at radius 2 is 2.05 bits per heavy atom. The molecular formula is C14H19BrN2O2. The van der Waals surface area contributed by atoms with E-state index in [1.165, 1.54) is 0 Å². The Bertz CT molecular complexity index is 457. The predicted octanol–water partition coefficient (Wildman–Crippen LogP) is 2.46. The maximum Gasteiger partial charge on any atom is 0.255 e. The number of ether oxygens (including phenoxy) is 1. The molecule has 1 amide bonds. The number of nitrogens with two attached hydrogens (primary N) is 1. The molecule has 0 aromatic heterocycles. The number of hydrogen-bond acceptors (Lipinski definition) is 3. The third-order valence-corrected chi connectivity index (χ3v) is 4.01. The second kappa shape index (κ2) is 6.39. The molecule has 1 aromatic rings. The predicted molar refractivity (Wildman–Crippen MR) is 78.4 cm³/mol. The molecule has 1 aliphatic carbocycles. The summed E-state index contributed by atoms with van der Waals surface area (Å²) in [5, 5.41) is 3.06. The monoisotopic (exact) mass is 326 g/mol. The van der Waals surface area contributed by atoms with E-state index in [-0.39, 0.29) is 18.0 Å². The summed E-state index contributed by atoms with van der Waals surface area (Å²) < 4.78 is 6.14. The molecule has 104 valence electrons. The van der Waals surface area contributed by atoms with Gasteiger partial charge in [-0.05, 0) is 43.9 Å². The van der Waals surface area contributed by atoms with Crippen LogP contribution in [0.3, 0.4) is 0 Å². The fourth-order valence-corrected chi connectivity index (χ4v) is 2.72. The lowest BCUT2D eigenvalue weighted by Crippen LogP contribution is -2.40. The van der Waals surface area contributed by atoms with E-state index in [9.17, 15) is 4.79 Å². The van der Waals surface area contributed by atoms with Crippen LogP contribution in [0.1, 0.15) is 36.0 Å². The molecule has 0 bridgehead atoms. The van der Waals surface area contributed by atoms with Crippen molar-refractivity contribution < 1.29 is 9.53 Å². The van der Waals surface area contributed by atoms with Gasteiger partial charge in [-0.3, -0.25) is 4.79 Å². The molecule has 1 aliphatic rings. The number of benzene rings is 1. The maximum absolute atomic E-state index is 12.2. The Morgan fingerprint density at radius 3 is 2.68 bits per heavy atom. The summed E-state index contributed by atoms with van der Waals surface area (Å²) in [5.74, 6) is 0.504. The highest BCUT2D eigenvalue weighted by molar-refractivity contribution is 9.10. The third-order valence-electron chi connectivity index (χ3n) is 3.52. The van der Waals surface area contributed by atoms with Gasteiger partial charge in [0.05, 0.1) is 12.7 Å². The van der Waals surface area contributed by atoms with Gasteiger partial charge in [0.15, 0.2) is 0 Å². The van der Waals surface area contributed by atoms with Crippen LogP contribution in [0.25, 0.3) is 0 Å². The molecule has 19 heavy (non-hydrogen) atoms. The third kappa shape index (κ3) is 3.70. The molecule has 0 radical (unpaired) electrons. The minimum absolute atomic E-state index is 0.0789. The fourth-order valence-electron chi connectivity index (χ4n) is 2.38. The molecular weight excluding hydrogens is 308 g/mol. The quantitative estimate of drug-likeness (QED) is 0.896. The lowest BCUT2D eigenvalue weighted by atomic mass is 9.91. The van der Waals surface area contributed by atoms with Crippen molar-refractivity contribution in [3.8, 4) is 5.75 Å². The lowest BCUT2D eigenvalue weighted by Gasteiger charge is -2.27. The topological polar surface area (TPSA) is 64.3 Å². The molecule has 0 aliphatic heterocycles. The SMILES string of the molecule is COc1cc(Br)ccc1C(=O)NC1CCC(N)CC1. The first-order chi connectivity index (χ1) is 9.10. The van der Waals surface area contributed by atoms with Crippen molar-refractivity contribution in [3.05, 3.63) is 28.2 Å². The second-order valence-corrected chi connectivity index (χ2v) is 5.85. The minimum atomic E-state index is -0.0789. The summed E-state index contributed by atoms with van der Waals surface area (Å²) >= 11 is 3.37. The Labute approximate surface area is 121 Å². The minimum Gasteiger partial charge on any atom is -0.496 e. The van der Waals surface area contributed by atoms with Crippen molar-refractivity contribution in [2.45, 2.75) is 37.8 Å². The molecule has 1 aromatic carbocycles. The van der Waals surface area contributed by atoms with Crippen LogP contribution in [0.5, 0.6) is 5.75 Å². The van der Waals surface area contributed by atoms with Crippen molar-refractivity contribution in [2.24, 2.45) is 5.73 Å². The molecule has 0 saturated heterocycles. The van der Waals surface area contributed by atoms with E-state index in [2.05, 4.69) is 21.2 Å². The average Bonchev–Trinajstić information content (AvgIpc) is 2.41. The molecule has 4 nitrogen and oxygen atoms in total. The van der Waals surface area contributed by atoms with Crippen molar-refractivity contribution >= 4 is 21.8 Å². The van der Waals surface area contributed by atoms with Crippen LogP contribution in [0.15, 0.2) is 22.7 Å². The first kappa shape index (κ1) is 14.3. The van der Waals surface area contributed by atoms with Gasteiger partial charge in [0.25, 0.3) is 5.91 Å². The van der Waals surface area contributed by atoms with E-state index in [0.29, 0.717) is 11.3 Å². The van der Waals surface area contributed by atoms with Crippen molar-refractivity contribution in [1.29, 1.82) is 0 Å². The summed E-state index contributed by atoms with van der Waals surface area (Å²) in [6.07, 6.45) is 3.85. The number of halogens is 1. The molecule has 1 saturated carbocycles. The van der Waals surface area contributed by atoms with E-state index in [1.807, 2.05) is 6.07 Å². The number of nitrogens with one attached hydrogen (secondary N) is 1. The number of rotatable bonds is 3.